The van der Waals surface area contributed by atoms with E-state index in [9.17, 15) is 0 Å². The van der Waals surface area contributed by atoms with Crippen LogP contribution in [0, 0.1) is 0 Å². The molecule has 0 aliphatic carbocycles. The lowest BCUT2D eigenvalue weighted by atomic mass is 10.1. The monoisotopic (exact) mass is 351 g/mol. The van der Waals surface area contributed by atoms with Gasteiger partial charge in [-0.2, -0.15) is 0 Å². The maximum Gasteiger partial charge on any atom is 0.119 e. The van der Waals surface area contributed by atoms with E-state index >= 15 is 0 Å². The molecule has 106 valence electrons. The second-order valence-electron chi connectivity index (χ2n) is 4.56. The number of nitrogens with two attached hydrogens (primary N) is 1. The van der Waals surface area contributed by atoms with Crippen molar-refractivity contribution in [1.82, 2.24) is 0 Å². The molecule has 0 heterocycles. The molecule has 1 unspecified atom stereocenters. The molecule has 0 radical (unpaired) electrons. The van der Waals surface area contributed by atoms with E-state index in [1.54, 1.807) is 18.9 Å². The van der Waals surface area contributed by atoms with Crippen LogP contribution >= 0.6 is 27.7 Å². The Labute approximate surface area is 132 Å². The lowest BCUT2D eigenvalue weighted by molar-refractivity contribution is 0.414. The third-order valence-corrected chi connectivity index (χ3v) is 5.14. The molecule has 0 aromatic heterocycles. The average molecular weight is 352 g/mol. The maximum atomic E-state index is 6.22. The summed E-state index contributed by atoms with van der Waals surface area (Å²) in [6, 6.07) is 16.4. The van der Waals surface area contributed by atoms with Crippen molar-refractivity contribution >= 4 is 27.7 Å². The van der Waals surface area contributed by atoms with Crippen molar-refractivity contribution in [2.75, 3.05) is 12.9 Å². The molecule has 1 atom stereocenters. The van der Waals surface area contributed by atoms with Crippen LogP contribution in [0.15, 0.2) is 57.9 Å². The predicted molar refractivity (Wildman–Crippen MR) is 89.5 cm³/mol. The fourth-order valence-electron chi connectivity index (χ4n) is 1.92. The maximum absolute atomic E-state index is 6.22. The lowest BCUT2D eigenvalue weighted by Crippen LogP contribution is -2.25. The first-order valence-electron chi connectivity index (χ1n) is 6.45. The van der Waals surface area contributed by atoms with E-state index < -0.39 is 0 Å². The largest absolute Gasteiger partial charge is 0.497 e. The van der Waals surface area contributed by atoms with Gasteiger partial charge in [-0.25, -0.2) is 0 Å². The van der Waals surface area contributed by atoms with Crippen LogP contribution < -0.4 is 10.5 Å². The van der Waals surface area contributed by atoms with Crippen LogP contribution in [0.25, 0.3) is 0 Å². The Morgan fingerprint density at radius 3 is 2.75 bits per heavy atom. The smallest absolute Gasteiger partial charge is 0.119 e. The van der Waals surface area contributed by atoms with Crippen LogP contribution in [-0.2, 0) is 6.42 Å². The van der Waals surface area contributed by atoms with Gasteiger partial charge in [0.15, 0.2) is 0 Å². The zero-order chi connectivity index (χ0) is 14.4. The summed E-state index contributed by atoms with van der Waals surface area (Å²) >= 11 is 5.34. The van der Waals surface area contributed by atoms with E-state index in [1.807, 2.05) is 30.3 Å². The number of hydrogen-bond donors (Lipinski definition) is 1. The van der Waals surface area contributed by atoms with Crippen molar-refractivity contribution < 1.29 is 4.74 Å². The van der Waals surface area contributed by atoms with Crippen molar-refractivity contribution in [1.29, 1.82) is 0 Å². The summed E-state index contributed by atoms with van der Waals surface area (Å²) in [5, 5.41) is 0. The Hall–Kier alpha value is -0.970. The Bertz CT molecular complexity index is 562. The molecule has 0 saturated carbocycles. The third kappa shape index (κ3) is 4.54. The zero-order valence-electron chi connectivity index (χ0n) is 11.4. The summed E-state index contributed by atoms with van der Waals surface area (Å²) < 4.78 is 6.35. The minimum atomic E-state index is 0.124. The summed E-state index contributed by atoms with van der Waals surface area (Å²) in [4.78, 5) is 1.23. The summed E-state index contributed by atoms with van der Waals surface area (Å²) in [7, 11) is 1.68. The number of rotatable bonds is 6. The Morgan fingerprint density at radius 2 is 2.00 bits per heavy atom. The van der Waals surface area contributed by atoms with E-state index in [0.29, 0.717) is 0 Å². The summed E-state index contributed by atoms with van der Waals surface area (Å²) in [5.74, 6) is 1.77. The molecule has 2 aromatic rings. The van der Waals surface area contributed by atoms with Gasteiger partial charge in [0, 0.05) is 21.2 Å². The molecule has 20 heavy (non-hydrogen) atoms. The molecule has 0 amide bonds. The Morgan fingerprint density at radius 1 is 1.20 bits per heavy atom. The second-order valence-corrected chi connectivity index (χ2v) is 6.47. The zero-order valence-corrected chi connectivity index (χ0v) is 13.8. The van der Waals surface area contributed by atoms with Crippen LogP contribution in [0.5, 0.6) is 5.75 Å². The van der Waals surface area contributed by atoms with Gasteiger partial charge in [-0.1, -0.05) is 24.3 Å². The summed E-state index contributed by atoms with van der Waals surface area (Å²) in [6.07, 6.45) is 0.856. The molecule has 0 fully saturated rings. The number of halogens is 1. The molecule has 2 aromatic carbocycles. The minimum Gasteiger partial charge on any atom is -0.497 e. The quantitative estimate of drug-likeness (QED) is 0.795. The number of methoxy groups -OCH3 is 1. The molecule has 0 bridgehead atoms. The van der Waals surface area contributed by atoms with Crippen LogP contribution in [0.2, 0.25) is 0 Å². The van der Waals surface area contributed by atoms with E-state index in [-0.39, 0.29) is 6.04 Å². The molecule has 4 heteroatoms. The molecule has 0 aliphatic rings. The highest BCUT2D eigenvalue weighted by molar-refractivity contribution is 9.10. The van der Waals surface area contributed by atoms with Crippen molar-refractivity contribution in [3.63, 3.8) is 0 Å². The predicted octanol–water partition coefficient (Wildman–Crippen LogP) is 4.12. The number of ether oxygens (including phenoxy) is 1. The van der Waals surface area contributed by atoms with Gasteiger partial charge >= 0.3 is 0 Å². The van der Waals surface area contributed by atoms with Crippen molar-refractivity contribution in [2.45, 2.75) is 17.4 Å². The molecular weight excluding hydrogens is 334 g/mol. The highest BCUT2D eigenvalue weighted by Crippen LogP contribution is 2.27. The molecule has 2 rings (SSSR count). The van der Waals surface area contributed by atoms with Gasteiger partial charge in [0.25, 0.3) is 0 Å². The van der Waals surface area contributed by atoms with Crippen LogP contribution in [0.1, 0.15) is 5.56 Å². The average Bonchev–Trinajstić information content (AvgIpc) is 2.46. The first-order chi connectivity index (χ1) is 9.69. The Balaban J connectivity index is 1.89. The van der Waals surface area contributed by atoms with Crippen molar-refractivity contribution in [3.05, 3.63) is 58.6 Å². The lowest BCUT2D eigenvalue weighted by Gasteiger charge is -2.12. The van der Waals surface area contributed by atoms with Crippen molar-refractivity contribution in [2.24, 2.45) is 5.73 Å². The van der Waals surface area contributed by atoms with Gasteiger partial charge in [0.05, 0.1) is 7.11 Å². The highest BCUT2D eigenvalue weighted by atomic mass is 79.9. The SMILES string of the molecule is COc1cccc(CC(N)CSc2ccccc2Br)c1. The van der Waals surface area contributed by atoms with E-state index in [4.69, 9.17) is 10.5 Å². The number of hydrogen-bond acceptors (Lipinski definition) is 3. The molecule has 0 saturated heterocycles. The first kappa shape index (κ1) is 15.4. The standard InChI is InChI=1S/C16H18BrNOS/c1-19-14-6-4-5-12(10-14)9-13(18)11-20-16-8-3-2-7-15(16)17/h2-8,10,13H,9,11,18H2,1H3. The highest BCUT2D eigenvalue weighted by Gasteiger charge is 2.07. The topological polar surface area (TPSA) is 35.2 Å². The van der Waals surface area contributed by atoms with Gasteiger partial charge in [-0.15, -0.1) is 11.8 Å². The second kappa shape index (κ2) is 7.72. The fourth-order valence-corrected chi connectivity index (χ4v) is 3.44. The van der Waals surface area contributed by atoms with Gasteiger partial charge in [0.2, 0.25) is 0 Å². The van der Waals surface area contributed by atoms with Crippen molar-refractivity contribution in [3.8, 4) is 5.75 Å². The summed E-state index contributed by atoms with van der Waals surface area (Å²) in [5.41, 5.74) is 7.43. The van der Waals surface area contributed by atoms with E-state index in [0.717, 1.165) is 22.4 Å². The first-order valence-corrected chi connectivity index (χ1v) is 8.22. The van der Waals surface area contributed by atoms with Gasteiger partial charge < -0.3 is 10.5 Å². The van der Waals surface area contributed by atoms with E-state index in [1.165, 1.54) is 10.5 Å². The fraction of sp³-hybridized carbons (Fsp3) is 0.250. The third-order valence-electron chi connectivity index (χ3n) is 2.92. The minimum absolute atomic E-state index is 0.124. The van der Waals surface area contributed by atoms with Crippen LogP contribution in [0.3, 0.4) is 0 Å². The van der Waals surface area contributed by atoms with Gasteiger partial charge in [-0.3, -0.25) is 0 Å². The summed E-state index contributed by atoms with van der Waals surface area (Å²) in [6.45, 7) is 0. The number of thioether (sulfide) groups is 1. The molecule has 0 aliphatic heterocycles. The molecule has 0 spiro atoms. The molecule has 2 nitrogen and oxygen atoms in total. The molecule has 2 N–H and O–H groups in total. The van der Waals surface area contributed by atoms with Gasteiger partial charge in [0.1, 0.15) is 5.75 Å². The van der Waals surface area contributed by atoms with Crippen LogP contribution in [-0.4, -0.2) is 18.9 Å². The Kier molecular flexibility index (Phi) is 5.95. The van der Waals surface area contributed by atoms with Crippen LogP contribution in [0.4, 0.5) is 0 Å². The molecular formula is C16H18BrNOS. The number of benzene rings is 2. The normalized spacial score (nSPS) is 12.2. The van der Waals surface area contributed by atoms with Gasteiger partial charge in [-0.05, 0) is 52.2 Å². The van der Waals surface area contributed by atoms with E-state index in [2.05, 4.69) is 34.1 Å².